The highest BCUT2D eigenvalue weighted by Gasteiger charge is 2.16. The fourth-order valence-electron chi connectivity index (χ4n) is 3.49. The summed E-state index contributed by atoms with van der Waals surface area (Å²) in [4.78, 5) is 12.2. The number of fused-ring (bicyclic) bond motifs is 2. The van der Waals surface area contributed by atoms with E-state index < -0.39 is 0 Å². The predicted octanol–water partition coefficient (Wildman–Crippen LogP) is 2.65. The van der Waals surface area contributed by atoms with Gasteiger partial charge in [-0.05, 0) is 48.6 Å². The Balaban J connectivity index is 1.32. The normalized spacial score (nSPS) is 14.4. The molecule has 27 heavy (non-hydrogen) atoms. The molecule has 0 atom stereocenters. The van der Waals surface area contributed by atoms with Crippen LogP contribution in [0, 0.1) is 0 Å². The Morgan fingerprint density at radius 1 is 1.07 bits per heavy atom. The summed E-state index contributed by atoms with van der Waals surface area (Å²) in [5.41, 5.74) is 3.70. The number of carbonyl (C=O) groups is 1. The molecule has 0 saturated carbocycles. The van der Waals surface area contributed by atoms with Crippen molar-refractivity contribution in [1.82, 2.24) is 5.32 Å². The zero-order valence-corrected chi connectivity index (χ0v) is 15.4. The largest absolute Gasteiger partial charge is 0.496 e. The molecule has 0 fully saturated rings. The molecule has 142 valence electrons. The van der Waals surface area contributed by atoms with E-state index >= 15 is 0 Å². The number of methoxy groups -OCH3 is 1. The van der Waals surface area contributed by atoms with E-state index in [4.69, 9.17) is 18.9 Å². The Morgan fingerprint density at radius 2 is 1.85 bits per heavy atom. The molecule has 0 unspecified atom stereocenters. The molecule has 6 nitrogen and oxygen atoms in total. The number of nitrogens with one attached hydrogen (secondary N) is 1. The van der Waals surface area contributed by atoms with Gasteiger partial charge in [0.1, 0.15) is 24.7 Å². The second kappa shape index (κ2) is 7.78. The molecule has 1 amide bonds. The Morgan fingerprint density at radius 3 is 2.67 bits per heavy atom. The number of benzene rings is 2. The van der Waals surface area contributed by atoms with Crippen LogP contribution in [0.15, 0.2) is 30.3 Å². The lowest BCUT2D eigenvalue weighted by atomic mass is 10.0. The van der Waals surface area contributed by atoms with Gasteiger partial charge in [0.15, 0.2) is 18.1 Å². The molecule has 2 aromatic carbocycles. The van der Waals surface area contributed by atoms with Crippen LogP contribution in [0.3, 0.4) is 0 Å². The highest BCUT2D eigenvalue weighted by molar-refractivity contribution is 5.77. The molecular formula is C21H23NO5. The minimum absolute atomic E-state index is 0.0626. The van der Waals surface area contributed by atoms with E-state index in [9.17, 15) is 4.79 Å². The highest BCUT2D eigenvalue weighted by Crippen LogP contribution is 2.33. The number of ether oxygens (including phenoxy) is 4. The minimum Gasteiger partial charge on any atom is -0.496 e. The highest BCUT2D eigenvalue weighted by atomic mass is 16.6. The molecule has 0 aromatic heterocycles. The summed E-state index contributed by atoms with van der Waals surface area (Å²) in [5.74, 6) is 2.55. The minimum atomic E-state index is -0.188. The van der Waals surface area contributed by atoms with Crippen molar-refractivity contribution in [3.05, 3.63) is 47.0 Å². The van der Waals surface area contributed by atoms with Crippen LogP contribution in [0.1, 0.15) is 23.1 Å². The molecule has 1 heterocycles. The summed E-state index contributed by atoms with van der Waals surface area (Å²) < 4.78 is 22.0. The standard InChI is InChI=1S/C21H23NO5/c1-24-19-10-15-4-2-3-14(15)9-16(19)12-22-21(23)13-27-17-5-6-18-20(11-17)26-8-7-25-18/h5-6,9-11H,2-4,7-8,12-13H2,1H3,(H,22,23). The van der Waals surface area contributed by atoms with Gasteiger partial charge in [-0.25, -0.2) is 0 Å². The summed E-state index contributed by atoms with van der Waals surface area (Å²) in [6.07, 6.45) is 3.37. The van der Waals surface area contributed by atoms with Gasteiger partial charge in [-0.3, -0.25) is 4.79 Å². The molecule has 1 N–H and O–H groups in total. The molecule has 0 spiro atoms. The van der Waals surface area contributed by atoms with Crippen molar-refractivity contribution in [2.24, 2.45) is 0 Å². The zero-order valence-electron chi connectivity index (χ0n) is 15.4. The van der Waals surface area contributed by atoms with E-state index in [1.807, 2.05) is 0 Å². The van der Waals surface area contributed by atoms with E-state index in [2.05, 4.69) is 17.4 Å². The number of rotatable bonds is 6. The van der Waals surface area contributed by atoms with Gasteiger partial charge in [-0.15, -0.1) is 0 Å². The van der Waals surface area contributed by atoms with Gasteiger partial charge in [0.25, 0.3) is 5.91 Å². The second-order valence-electron chi connectivity index (χ2n) is 6.66. The lowest BCUT2D eigenvalue weighted by Crippen LogP contribution is -2.28. The molecule has 2 aromatic rings. The summed E-state index contributed by atoms with van der Waals surface area (Å²) in [6, 6.07) is 9.53. The quantitative estimate of drug-likeness (QED) is 0.848. The third kappa shape index (κ3) is 3.94. The topological polar surface area (TPSA) is 66.0 Å². The fourth-order valence-corrected chi connectivity index (χ4v) is 3.49. The molecule has 2 aliphatic rings. The summed E-state index contributed by atoms with van der Waals surface area (Å²) in [5, 5.41) is 2.90. The third-order valence-electron chi connectivity index (χ3n) is 4.85. The first-order chi connectivity index (χ1) is 13.2. The number of carbonyl (C=O) groups excluding carboxylic acids is 1. The van der Waals surface area contributed by atoms with Gasteiger partial charge in [-0.2, -0.15) is 0 Å². The van der Waals surface area contributed by atoms with Crippen LogP contribution in [-0.2, 0) is 24.2 Å². The molecule has 6 heteroatoms. The maximum atomic E-state index is 12.2. The Bertz CT molecular complexity index is 849. The monoisotopic (exact) mass is 369 g/mol. The number of aryl methyl sites for hydroxylation is 2. The van der Waals surface area contributed by atoms with Crippen molar-refractivity contribution >= 4 is 5.91 Å². The smallest absolute Gasteiger partial charge is 0.258 e. The first kappa shape index (κ1) is 17.5. The van der Waals surface area contributed by atoms with Gasteiger partial charge in [0.2, 0.25) is 0 Å². The molecule has 0 bridgehead atoms. The van der Waals surface area contributed by atoms with Crippen LogP contribution in [-0.4, -0.2) is 32.8 Å². The Labute approximate surface area is 158 Å². The predicted molar refractivity (Wildman–Crippen MR) is 99.8 cm³/mol. The molecule has 0 radical (unpaired) electrons. The van der Waals surface area contributed by atoms with E-state index in [1.165, 1.54) is 17.5 Å². The van der Waals surface area contributed by atoms with Crippen molar-refractivity contribution < 1.29 is 23.7 Å². The second-order valence-corrected chi connectivity index (χ2v) is 6.66. The fraction of sp³-hybridized carbons (Fsp3) is 0.381. The van der Waals surface area contributed by atoms with Crippen LogP contribution in [0.25, 0.3) is 0 Å². The lowest BCUT2D eigenvalue weighted by molar-refractivity contribution is -0.123. The SMILES string of the molecule is COc1cc2c(cc1CNC(=O)COc1ccc3c(c1)OCCO3)CCC2. The van der Waals surface area contributed by atoms with Crippen LogP contribution < -0.4 is 24.3 Å². The van der Waals surface area contributed by atoms with E-state index in [0.717, 1.165) is 24.2 Å². The average Bonchev–Trinajstić information content (AvgIpc) is 3.17. The Kier molecular flexibility index (Phi) is 5.05. The van der Waals surface area contributed by atoms with Crippen molar-refractivity contribution in [1.29, 1.82) is 0 Å². The summed E-state index contributed by atoms with van der Waals surface area (Å²) in [6.45, 7) is 1.41. The maximum Gasteiger partial charge on any atom is 0.258 e. The summed E-state index contributed by atoms with van der Waals surface area (Å²) in [7, 11) is 1.66. The van der Waals surface area contributed by atoms with E-state index in [0.29, 0.717) is 37.0 Å². The van der Waals surface area contributed by atoms with Gasteiger partial charge < -0.3 is 24.3 Å². The number of hydrogen-bond donors (Lipinski definition) is 1. The van der Waals surface area contributed by atoms with Crippen molar-refractivity contribution in [2.75, 3.05) is 26.9 Å². The van der Waals surface area contributed by atoms with E-state index in [1.54, 1.807) is 25.3 Å². The van der Waals surface area contributed by atoms with Gasteiger partial charge in [-0.1, -0.05) is 6.07 Å². The van der Waals surface area contributed by atoms with Gasteiger partial charge in [0.05, 0.1) is 7.11 Å². The van der Waals surface area contributed by atoms with Crippen molar-refractivity contribution in [3.8, 4) is 23.0 Å². The van der Waals surface area contributed by atoms with Crippen LogP contribution in [0.5, 0.6) is 23.0 Å². The molecule has 1 aliphatic heterocycles. The molecule has 0 saturated heterocycles. The van der Waals surface area contributed by atoms with E-state index in [-0.39, 0.29) is 12.5 Å². The number of hydrogen-bond acceptors (Lipinski definition) is 5. The average molecular weight is 369 g/mol. The first-order valence-electron chi connectivity index (χ1n) is 9.21. The van der Waals surface area contributed by atoms with Crippen LogP contribution in [0.4, 0.5) is 0 Å². The van der Waals surface area contributed by atoms with Crippen molar-refractivity contribution in [2.45, 2.75) is 25.8 Å². The Hall–Kier alpha value is -2.89. The molecule has 4 rings (SSSR count). The van der Waals surface area contributed by atoms with Crippen LogP contribution >= 0.6 is 0 Å². The van der Waals surface area contributed by atoms with Gasteiger partial charge >= 0.3 is 0 Å². The summed E-state index contributed by atoms with van der Waals surface area (Å²) >= 11 is 0. The van der Waals surface area contributed by atoms with Crippen molar-refractivity contribution in [3.63, 3.8) is 0 Å². The lowest BCUT2D eigenvalue weighted by Gasteiger charge is -2.18. The molecule has 1 aliphatic carbocycles. The maximum absolute atomic E-state index is 12.2. The third-order valence-corrected chi connectivity index (χ3v) is 4.85. The number of amides is 1. The molecular weight excluding hydrogens is 346 g/mol. The van der Waals surface area contributed by atoms with Crippen LogP contribution in [0.2, 0.25) is 0 Å². The zero-order chi connectivity index (χ0) is 18.6. The first-order valence-corrected chi connectivity index (χ1v) is 9.21. The van der Waals surface area contributed by atoms with Gasteiger partial charge in [0, 0.05) is 18.2 Å².